The first-order chi connectivity index (χ1) is 69.3. The lowest BCUT2D eigenvalue weighted by atomic mass is 9.83. The number of fused-ring (bicyclic) bond motifs is 6. The maximum Gasteiger partial charge on any atom is 0.409 e. The third kappa shape index (κ3) is 34.9. The van der Waals surface area contributed by atoms with Crippen molar-refractivity contribution in [2.45, 2.75) is 253 Å². The van der Waals surface area contributed by atoms with E-state index in [0.717, 1.165) is 71.7 Å². The number of nitrogens with one attached hydrogen (secondary N) is 11. The van der Waals surface area contributed by atoms with Crippen molar-refractivity contribution in [3.63, 3.8) is 0 Å². The van der Waals surface area contributed by atoms with Gasteiger partial charge in [0.1, 0.15) is 89.1 Å². The lowest BCUT2D eigenvalue weighted by Crippen LogP contribution is -2.63. The molecule has 4 aromatic carbocycles. The first-order valence-corrected chi connectivity index (χ1v) is 52.8. The van der Waals surface area contributed by atoms with Crippen LogP contribution in [0.1, 0.15) is 141 Å². The number of aliphatic hydroxyl groups is 4. The summed E-state index contributed by atoms with van der Waals surface area (Å²) in [5.74, 6) is -16.8. The number of rotatable bonds is 37. The number of amides is 13. The van der Waals surface area contributed by atoms with Crippen molar-refractivity contribution in [2.75, 3.05) is 69.4 Å². The Hall–Kier alpha value is -11.8. The number of anilines is 1. The average molecular weight is 2130 g/mol. The molecule has 0 spiro atoms. The van der Waals surface area contributed by atoms with Crippen LogP contribution in [-0.4, -0.2) is 310 Å². The molecule has 4 bridgehead atoms. The molecule has 0 aromatic heterocycles. The Balaban J connectivity index is 0.00000856. The molecule has 0 saturated carbocycles. The number of methoxy groups -OCH3 is 2. The zero-order valence-electron chi connectivity index (χ0n) is 83.1. The highest BCUT2D eigenvalue weighted by atomic mass is 35.5. The number of esters is 1. The number of halogens is 1. The molecule has 0 unspecified atom stereocenters. The number of benzene rings is 4. The third-order valence-electron chi connectivity index (χ3n) is 25.4. The van der Waals surface area contributed by atoms with E-state index in [-0.39, 0.29) is 85.6 Å². The fraction of sp³-hybridized carbons (Fsp3) is 0.525. The Morgan fingerprint density at radius 2 is 1.41 bits per heavy atom. The molecule has 3 fully saturated rings. The van der Waals surface area contributed by atoms with Gasteiger partial charge in [0.05, 0.1) is 62.6 Å². The molecule has 21 atom stereocenters. The summed E-state index contributed by atoms with van der Waals surface area (Å²) in [6.45, 7) is 10.9. The smallest absolute Gasteiger partial charge is 0.409 e. The molecular weight excluding hydrogens is 2000 g/mol. The Bertz CT molecular complexity index is 5410. The number of aliphatic hydroxyl groups excluding tert-OH is 3. The van der Waals surface area contributed by atoms with Crippen LogP contribution in [0, 0.1) is 11.8 Å². The van der Waals surface area contributed by atoms with Crippen LogP contribution in [0.25, 0.3) is 5.57 Å². The number of carboxylic acids is 1. The van der Waals surface area contributed by atoms with E-state index in [4.69, 9.17) is 50.6 Å². The summed E-state index contributed by atoms with van der Waals surface area (Å²) in [5.41, 5.74) is 7.66. The van der Waals surface area contributed by atoms with Crippen LogP contribution >= 0.6 is 54.8 Å². The SMILES string of the molecule is COc1cc2cc(c1Cl)N(C)C(=O)C[C@H](OC(=O)[C@H](C)N(C)C(=O)CCSSC[C@H](NC(C)=O)C(=O)N[C@@H](C)C(=O)N[C@@H](CC(=O)O)C(=O)N[C@H](Cc1ccccc1)C(=O)N[C@H]1CSSC[C@@H](C(=O)N[C@H](CO)[C@@H](C)O)NC(=O)[C@H]([C@@H](C)O)NC(=O)[C@H](CCCCN)NC(=O)[C@@H](CC3=CCc4ccccc43)NC(=O)[C@H](Cc3ccccc3)CC1=O)[C@]1(C)O[C@H]1[C@H](C)[C@@H]1C[C@@](O)(NC(=O)O1)[C@H](OC)/C=C/C=C(\C)C2.O=C=O. The van der Waals surface area contributed by atoms with Crippen molar-refractivity contribution >= 4 is 167 Å². The van der Waals surface area contributed by atoms with Crippen LogP contribution in [0.3, 0.4) is 0 Å². The number of carboxylic acid groups (broad SMARTS) is 1. The Morgan fingerprint density at radius 3 is 2.05 bits per heavy atom. The lowest BCUT2D eigenvalue weighted by molar-refractivity contribution is -0.192. The Labute approximate surface area is 866 Å². The largest absolute Gasteiger partial charge is 0.495 e. The van der Waals surface area contributed by atoms with Crippen LogP contribution in [0.15, 0.2) is 127 Å². The first kappa shape index (κ1) is 119. The van der Waals surface area contributed by atoms with Gasteiger partial charge in [-0.1, -0.05) is 177 Å². The van der Waals surface area contributed by atoms with Crippen LogP contribution in [0.4, 0.5) is 10.5 Å². The fourth-order valence-corrected chi connectivity index (χ4v) is 21.6. The lowest BCUT2D eigenvalue weighted by Gasteiger charge is -2.42. The zero-order valence-corrected chi connectivity index (χ0v) is 87.1. The molecule has 4 aromatic rings. The number of ketones is 1. The quantitative estimate of drug-likeness (QED) is 0.0133. The van der Waals surface area contributed by atoms with E-state index in [0.29, 0.717) is 41.5 Å². The fourth-order valence-electron chi connectivity index (χ4n) is 16.8. The number of nitrogens with two attached hydrogens (primary N) is 1. The minimum atomic E-state index is -2.00. The Kier molecular flexibility index (Phi) is 47.0. The van der Waals surface area contributed by atoms with Crippen molar-refractivity contribution in [1.82, 2.24) is 63.4 Å². The summed E-state index contributed by atoms with van der Waals surface area (Å²) in [7, 11) is 9.57. The molecule has 0 radical (unpaired) electrons. The number of likely N-dealkylation sites (N-methyl/N-ethyl adjacent to an activating group) is 1. The van der Waals surface area contributed by atoms with Gasteiger partial charge in [-0.2, -0.15) is 9.59 Å². The van der Waals surface area contributed by atoms with Gasteiger partial charge in [0.15, 0.2) is 11.5 Å². The molecule has 18 N–H and O–H groups in total. The zero-order chi connectivity index (χ0) is 108. The summed E-state index contributed by atoms with van der Waals surface area (Å²) in [6.07, 6.45) is -2.79. The highest BCUT2D eigenvalue weighted by Gasteiger charge is 2.65. The molecule has 4 heterocycles. The number of carbonyl (C=O) groups is 16. The number of epoxide rings is 1. The minimum Gasteiger partial charge on any atom is -0.495 e. The summed E-state index contributed by atoms with van der Waals surface area (Å²) < 4.78 is 29.6. The van der Waals surface area contributed by atoms with E-state index in [1.54, 1.807) is 111 Å². The van der Waals surface area contributed by atoms with Crippen LogP contribution in [0.5, 0.6) is 5.75 Å². The second kappa shape index (κ2) is 57.5. The molecule has 3 saturated heterocycles. The molecule has 42 nitrogen and oxygen atoms in total. The van der Waals surface area contributed by atoms with E-state index >= 15 is 19.2 Å². The van der Waals surface area contributed by atoms with Gasteiger partial charge < -0.3 is 118 Å². The molecule has 146 heavy (non-hydrogen) atoms. The molecule has 9 rings (SSSR count). The number of nitrogens with zero attached hydrogens (tertiary/aromatic N) is 2. The van der Waals surface area contributed by atoms with Crippen molar-refractivity contribution < 1.29 is 136 Å². The van der Waals surface area contributed by atoms with Gasteiger partial charge in [-0.25, -0.2) is 9.59 Å². The van der Waals surface area contributed by atoms with Gasteiger partial charge in [0, 0.05) is 95.1 Å². The first-order valence-electron chi connectivity index (χ1n) is 47.4. The molecular formula is C99H131ClN14O28S4. The van der Waals surface area contributed by atoms with E-state index in [2.05, 4.69) is 58.5 Å². The topological polar surface area (TPSA) is 623 Å². The highest BCUT2D eigenvalue weighted by molar-refractivity contribution is 8.77. The van der Waals surface area contributed by atoms with Gasteiger partial charge in [-0.3, -0.25) is 72.4 Å². The number of hydrogen-bond donors (Lipinski definition) is 17. The highest BCUT2D eigenvalue weighted by Crippen LogP contribution is 2.50. The van der Waals surface area contributed by atoms with Crippen molar-refractivity contribution in [3.8, 4) is 5.75 Å². The molecule has 13 amide bonds. The summed E-state index contributed by atoms with van der Waals surface area (Å²) in [5, 5.41) is 82.7. The third-order valence-corrected chi connectivity index (χ3v) is 30.6. The normalized spacial score (nSPS) is 24.9. The monoisotopic (exact) mass is 2130 g/mol. The number of allylic oxidation sites excluding steroid dienone is 4. The van der Waals surface area contributed by atoms with Crippen LogP contribution < -0.4 is 73.9 Å². The van der Waals surface area contributed by atoms with Crippen LogP contribution in [0.2, 0.25) is 5.02 Å². The molecule has 47 heteroatoms. The van der Waals surface area contributed by atoms with Gasteiger partial charge in [0.25, 0.3) is 0 Å². The van der Waals surface area contributed by atoms with Gasteiger partial charge in [-0.15, -0.1) is 0 Å². The van der Waals surface area contributed by atoms with E-state index in [1.807, 2.05) is 31.2 Å². The average Bonchev–Trinajstić information content (AvgIpc) is 1.57. The Morgan fingerprint density at radius 1 is 0.767 bits per heavy atom. The van der Waals surface area contributed by atoms with E-state index in [9.17, 15) is 83.1 Å². The predicted molar refractivity (Wildman–Crippen MR) is 543 cm³/mol. The van der Waals surface area contributed by atoms with Crippen LogP contribution in [-0.2, 0) is 126 Å². The van der Waals surface area contributed by atoms with Crippen molar-refractivity contribution in [3.05, 3.63) is 160 Å². The van der Waals surface area contributed by atoms with Gasteiger partial charge in [-0.05, 0) is 132 Å². The number of carbonyl (C=O) groups excluding carboxylic acids is 17. The number of hydrogen-bond acceptors (Lipinski definition) is 32. The second-order valence-electron chi connectivity index (χ2n) is 36.5. The maximum absolute atomic E-state index is 15.6. The number of unbranched alkanes of at least 4 members (excludes halogenated alkanes) is 1. The molecule has 4 aliphatic heterocycles. The summed E-state index contributed by atoms with van der Waals surface area (Å²) >= 11 is 6.89. The van der Waals surface area contributed by atoms with E-state index in [1.165, 1.54) is 60.9 Å². The van der Waals surface area contributed by atoms with Gasteiger partial charge >= 0.3 is 24.2 Å². The number of ether oxygens (including phenoxy) is 5. The standard InChI is InChI=1S/C98H131ClN14O26S4.CO2/c1-52-24-23-32-78(136-12)98(134)47-77(137-96(133)111-98)53(2)85-97(8,139-85)79(46-81(120)113(10)74-41-61(38-52)42-76(135-11)83(74)99)138-95(132)55(4)112(9)80(119)35-37-140-141-50-72(102-58(7)117)92(129)101-54(3)86(123)104-69(45-82(121)122)91(128)106-67(40-60-27-17-14-18-28-60)89(126)108-71-49-142-143-51-73(93(130)107-70(48-114)56(5)115)109-94(131)84(57(6)116)110-88(125)66(31-21-22-36-100)103-90(127)68(43-63-34-33-62-29-19-20-30-65(62)63)105-87(124)64(44-75(71)118)39-59-25-15-13-16-26-59;2-1-3/h13-20,23-30,32,34,41-42,53-57,64,66-73,77-79,84-85,114-116,134H,21-22,31,33,35-40,43-51,100H2,1-12H3,(H,101,129)(H,102,117)(H,103,127)(H,104,123)(H,105,124)(H,106,128)(H,107,130)(H,108,126)(H,109,131)(H,110,125)(H,111,133)(H,121,122);/b32-23+,52-24+;/t53-,54+,55+,56-,57-,64-,66+,67-,68-,69+,70-,71+,72+,73+,77+,78-,79+,84+,85+,97+,98+;/m1./s1. The number of alkyl carbamates (subject to hydrolysis) is 1. The van der Waals surface area contributed by atoms with E-state index < -0.39 is 258 Å². The van der Waals surface area contributed by atoms with Gasteiger partial charge in [0.2, 0.25) is 70.9 Å². The molecule has 796 valence electrons. The number of Topliss-reactive ketones (excluding diaryl/α,β-unsaturated/α-hetero) is 1. The van der Waals surface area contributed by atoms with Crippen molar-refractivity contribution in [1.29, 1.82) is 0 Å². The minimum absolute atomic E-state index is 0.0575. The second-order valence-corrected chi connectivity index (χ2v) is 42.0. The summed E-state index contributed by atoms with van der Waals surface area (Å²) in [4.78, 5) is 249. The summed E-state index contributed by atoms with van der Waals surface area (Å²) in [6, 6.07) is 10.4. The molecule has 1 aliphatic carbocycles. The predicted octanol–water partition coefficient (Wildman–Crippen LogP) is 2.43. The van der Waals surface area contributed by atoms with Crippen molar-refractivity contribution in [2.24, 2.45) is 17.6 Å². The number of aliphatic carboxylic acids is 1. The maximum atomic E-state index is 15.6. The molecule has 5 aliphatic rings.